The number of halogens is 1. The molecule has 0 radical (unpaired) electrons. The van der Waals surface area contributed by atoms with Gasteiger partial charge in [-0.3, -0.25) is 4.90 Å². The molecule has 3 aliphatic rings. The van der Waals surface area contributed by atoms with Gasteiger partial charge in [-0.2, -0.15) is 0 Å². The summed E-state index contributed by atoms with van der Waals surface area (Å²) in [4.78, 5) is 6.79. The molecule has 4 rings (SSSR count). The molecule has 0 atom stereocenters. The molecule has 16 heavy (non-hydrogen) atoms. The van der Waals surface area contributed by atoms with E-state index in [1.807, 2.05) is 11.3 Å². The quantitative estimate of drug-likeness (QED) is 0.829. The summed E-state index contributed by atoms with van der Waals surface area (Å²) in [6.45, 7) is 6.29. The minimum absolute atomic E-state index is 0.833. The molecule has 0 unspecified atom stereocenters. The van der Waals surface area contributed by atoms with E-state index in [0.717, 1.165) is 12.6 Å². The van der Waals surface area contributed by atoms with Gasteiger partial charge in [-0.25, -0.2) is 0 Å². The standard InChI is InChI=1S/C12H17BrN2S/c13-10-7-12(16-9-10)8-15-6-5-14-3-1-11(15)2-4-14/h7,9,11H,1-6,8H2. The fraction of sp³-hybridized carbons (Fsp3) is 0.667. The smallest absolute Gasteiger partial charge is 0.0331 e. The molecule has 3 aliphatic heterocycles. The molecular weight excluding hydrogens is 284 g/mol. The molecule has 1 aromatic heterocycles. The van der Waals surface area contributed by atoms with Gasteiger partial charge in [-0.15, -0.1) is 11.3 Å². The van der Waals surface area contributed by atoms with E-state index in [1.165, 1.54) is 48.4 Å². The Morgan fingerprint density at radius 3 is 2.75 bits per heavy atom. The molecule has 0 spiro atoms. The lowest BCUT2D eigenvalue weighted by molar-refractivity contribution is 0.178. The minimum Gasteiger partial charge on any atom is -0.302 e. The Hall–Kier alpha value is 0.1000. The zero-order valence-corrected chi connectivity index (χ0v) is 11.8. The van der Waals surface area contributed by atoms with Crippen LogP contribution in [0.25, 0.3) is 0 Å². The molecule has 0 saturated carbocycles. The summed E-state index contributed by atoms with van der Waals surface area (Å²) in [7, 11) is 0. The topological polar surface area (TPSA) is 6.48 Å². The number of thiophene rings is 1. The van der Waals surface area contributed by atoms with E-state index in [9.17, 15) is 0 Å². The number of piperidine rings is 1. The number of hydrogen-bond acceptors (Lipinski definition) is 3. The third-order valence-electron chi connectivity index (χ3n) is 3.76. The maximum absolute atomic E-state index is 3.54. The molecule has 0 N–H and O–H groups in total. The summed E-state index contributed by atoms with van der Waals surface area (Å²) in [5, 5.41) is 2.19. The lowest BCUT2D eigenvalue weighted by Gasteiger charge is -2.31. The number of rotatable bonds is 2. The number of fused-ring (bicyclic) bond motifs is 4. The number of hydrogen-bond donors (Lipinski definition) is 0. The normalized spacial score (nSPS) is 30.6. The molecule has 3 fully saturated rings. The zero-order valence-electron chi connectivity index (χ0n) is 9.36. The Balaban J connectivity index is 1.69. The van der Waals surface area contributed by atoms with Gasteiger partial charge >= 0.3 is 0 Å². The van der Waals surface area contributed by atoms with Crippen molar-refractivity contribution in [2.24, 2.45) is 0 Å². The zero-order chi connectivity index (χ0) is 11.0. The van der Waals surface area contributed by atoms with Gasteiger partial charge in [0.15, 0.2) is 0 Å². The maximum atomic E-state index is 3.54. The summed E-state index contributed by atoms with van der Waals surface area (Å²) < 4.78 is 1.23. The van der Waals surface area contributed by atoms with Gasteiger partial charge in [0.25, 0.3) is 0 Å². The fourth-order valence-electron chi connectivity index (χ4n) is 2.81. The average molecular weight is 301 g/mol. The highest BCUT2D eigenvalue weighted by molar-refractivity contribution is 9.10. The van der Waals surface area contributed by atoms with Crippen LogP contribution >= 0.6 is 27.3 Å². The van der Waals surface area contributed by atoms with Crippen LogP contribution in [0.3, 0.4) is 0 Å². The van der Waals surface area contributed by atoms with Gasteiger partial charge in [0.05, 0.1) is 0 Å². The average Bonchev–Trinajstić information content (AvgIpc) is 2.51. The van der Waals surface area contributed by atoms with Crippen LogP contribution in [0, 0.1) is 0 Å². The first-order valence-electron chi connectivity index (χ1n) is 6.00. The van der Waals surface area contributed by atoms with Crippen LogP contribution in [0.5, 0.6) is 0 Å². The van der Waals surface area contributed by atoms with Crippen LogP contribution in [-0.4, -0.2) is 42.0 Å². The molecule has 4 heteroatoms. The van der Waals surface area contributed by atoms with Crippen molar-refractivity contribution in [3.8, 4) is 0 Å². The maximum Gasteiger partial charge on any atom is 0.0331 e. The van der Waals surface area contributed by atoms with Crippen LogP contribution in [0.4, 0.5) is 0 Å². The molecule has 2 nitrogen and oxygen atoms in total. The monoisotopic (exact) mass is 300 g/mol. The summed E-state index contributed by atoms with van der Waals surface area (Å²) in [6, 6.07) is 3.10. The van der Waals surface area contributed by atoms with E-state index in [-0.39, 0.29) is 0 Å². The van der Waals surface area contributed by atoms with Crippen molar-refractivity contribution in [3.63, 3.8) is 0 Å². The second-order valence-electron chi connectivity index (χ2n) is 4.77. The highest BCUT2D eigenvalue weighted by Gasteiger charge is 2.28. The van der Waals surface area contributed by atoms with Crippen LogP contribution in [0.2, 0.25) is 0 Å². The summed E-state index contributed by atoms with van der Waals surface area (Å²) >= 11 is 5.41. The highest BCUT2D eigenvalue weighted by Crippen LogP contribution is 2.26. The molecule has 2 bridgehead atoms. The van der Waals surface area contributed by atoms with E-state index in [2.05, 4.69) is 37.2 Å². The van der Waals surface area contributed by atoms with Crippen LogP contribution in [-0.2, 0) is 6.54 Å². The minimum atomic E-state index is 0.833. The van der Waals surface area contributed by atoms with Crippen molar-refractivity contribution in [2.45, 2.75) is 25.4 Å². The second-order valence-corrected chi connectivity index (χ2v) is 6.69. The first kappa shape index (κ1) is 11.2. The third-order valence-corrected chi connectivity index (χ3v) is 5.44. The molecular formula is C12H17BrN2S. The predicted molar refractivity (Wildman–Crippen MR) is 71.9 cm³/mol. The SMILES string of the molecule is Brc1csc(CN2CCN3CCC2CC3)c1. The molecule has 4 heterocycles. The first-order chi connectivity index (χ1) is 7.81. The van der Waals surface area contributed by atoms with Gasteiger partial charge in [0.2, 0.25) is 0 Å². The largest absolute Gasteiger partial charge is 0.302 e. The van der Waals surface area contributed by atoms with Crippen molar-refractivity contribution >= 4 is 27.3 Å². The van der Waals surface area contributed by atoms with E-state index < -0.39 is 0 Å². The van der Waals surface area contributed by atoms with Gasteiger partial charge in [0.1, 0.15) is 0 Å². The lowest BCUT2D eigenvalue weighted by Crippen LogP contribution is -2.37. The van der Waals surface area contributed by atoms with E-state index in [1.54, 1.807) is 0 Å². The van der Waals surface area contributed by atoms with Crippen molar-refractivity contribution in [2.75, 3.05) is 26.2 Å². The van der Waals surface area contributed by atoms with Gasteiger partial charge in [-0.1, -0.05) is 0 Å². The van der Waals surface area contributed by atoms with Crippen molar-refractivity contribution in [1.82, 2.24) is 9.80 Å². The Labute approximate surface area is 109 Å². The van der Waals surface area contributed by atoms with E-state index >= 15 is 0 Å². The van der Waals surface area contributed by atoms with Crippen molar-refractivity contribution in [1.29, 1.82) is 0 Å². The van der Waals surface area contributed by atoms with Crippen LogP contribution < -0.4 is 0 Å². The van der Waals surface area contributed by atoms with Gasteiger partial charge in [0, 0.05) is 40.4 Å². The summed E-state index contributed by atoms with van der Waals surface area (Å²) in [5.74, 6) is 0. The van der Waals surface area contributed by atoms with Gasteiger partial charge in [-0.05, 0) is 47.9 Å². The predicted octanol–water partition coefficient (Wildman–Crippen LogP) is 2.79. The molecule has 0 amide bonds. The number of nitrogens with zero attached hydrogens (tertiary/aromatic N) is 2. The molecule has 1 aromatic rings. The molecule has 3 saturated heterocycles. The summed E-state index contributed by atoms with van der Waals surface area (Å²) in [6.07, 6.45) is 2.74. The molecule has 0 aliphatic carbocycles. The van der Waals surface area contributed by atoms with Crippen LogP contribution in [0.15, 0.2) is 15.9 Å². The molecule has 0 aromatic carbocycles. The van der Waals surface area contributed by atoms with Crippen LogP contribution in [0.1, 0.15) is 17.7 Å². The first-order valence-corrected chi connectivity index (χ1v) is 7.68. The second kappa shape index (κ2) is 4.77. The summed E-state index contributed by atoms with van der Waals surface area (Å²) in [5.41, 5.74) is 0. The fourth-order valence-corrected chi connectivity index (χ4v) is 4.28. The third kappa shape index (κ3) is 2.35. The Kier molecular flexibility index (Phi) is 3.34. The van der Waals surface area contributed by atoms with Crippen molar-refractivity contribution in [3.05, 3.63) is 20.8 Å². The molecule has 88 valence electrons. The Bertz CT molecular complexity index is 358. The van der Waals surface area contributed by atoms with E-state index in [4.69, 9.17) is 0 Å². The Morgan fingerprint density at radius 1 is 1.25 bits per heavy atom. The Morgan fingerprint density at radius 2 is 2.06 bits per heavy atom. The van der Waals surface area contributed by atoms with Gasteiger partial charge < -0.3 is 4.90 Å². The lowest BCUT2D eigenvalue weighted by atomic mass is 10.1. The highest BCUT2D eigenvalue weighted by atomic mass is 79.9. The van der Waals surface area contributed by atoms with Crippen molar-refractivity contribution < 1.29 is 0 Å². The van der Waals surface area contributed by atoms with E-state index in [0.29, 0.717) is 0 Å².